The fourth-order valence-electron chi connectivity index (χ4n) is 3.09. The van der Waals surface area contributed by atoms with E-state index >= 15 is 0 Å². The molecule has 0 bridgehead atoms. The van der Waals surface area contributed by atoms with Gasteiger partial charge in [0.15, 0.2) is 0 Å². The van der Waals surface area contributed by atoms with Crippen LogP contribution in [0.15, 0.2) is 30.3 Å². The average molecular weight is 297 g/mol. The second-order valence-corrected chi connectivity index (χ2v) is 6.57. The van der Waals surface area contributed by atoms with Crippen LogP contribution in [-0.2, 0) is 0 Å². The van der Waals surface area contributed by atoms with Crippen molar-refractivity contribution in [3.63, 3.8) is 0 Å². The lowest BCUT2D eigenvalue weighted by atomic mass is 9.81. The summed E-state index contributed by atoms with van der Waals surface area (Å²) in [6, 6.07) is 9.69. The maximum Gasteiger partial charge on any atom is 0.252 e. The molecule has 0 unspecified atom stereocenters. The lowest BCUT2D eigenvalue weighted by molar-refractivity contribution is 0.0924. The second kappa shape index (κ2) is 6.05. The lowest BCUT2D eigenvalue weighted by Crippen LogP contribution is -2.42. The van der Waals surface area contributed by atoms with Crippen LogP contribution in [0.3, 0.4) is 0 Å². The fourth-order valence-corrected chi connectivity index (χ4v) is 3.09. The first kappa shape index (κ1) is 15.0. The number of piperidine rings is 1. The summed E-state index contributed by atoms with van der Waals surface area (Å²) in [5.41, 5.74) is 2.66. The van der Waals surface area contributed by atoms with Crippen LogP contribution >= 0.6 is 0 Å². The monoisotopic (exact) mass is 297 g/mol. The molecular weight excluding hydrogens is 274 g/mol. The number of nitrogens with zero attached hydrogens (tertiary/aromatic N) is 1. The van der Waals surface area contributed by atoms with Gasteiger partial charge in [-0.3, -0.25) is 9.78 Å². The van der Waals surface area contributed by atoms with Crippen LogP contribution in [0.2, 0.25) is 0 Å². The topological polar surface area (TPSA) is 54.0 Å². The third-order valence-electron chi connectivity index (χ3n) is 4.58. The van der Waals surface area contributed by atoms with Gasteiger partial charge in [0.05, 0.1) is 11.1 Å². The number of aryl methyl sites for hydroxylation is 1. The first-order valence-electron chi connectivity index (χ1n) is 7.93. The van der Waals surface area contributed by atoms with Crippen molar-refractivity contribution in [1.29, 1.82) is 0 Å². The molecular formula is C18H23N3O. The predicted molar refractivity (Wildman–Crippen MR) is 89.0 cm³/mol. The number of carbonyl (C=O) groups excluding carboxylic acids is 1. The number of amides is 1. The van der Waals surface area contributed by atoms with Crippen molar-refractivity contribution in [2.24, 2.45) is 5.41 Å². The summed E-state index contributed by atoms with van der Waals surface area (Å²) in [6.45, 7) is 6.97. The van der Waals surface area contributed by atoms with Crippen molar-refractivity contribution in [3.8, 4) is 0 Å². The molecule has 2 aromatic rings. The Balaban J connectivity index is 1.80. The predicted octanol–water partition coefficient (Wildman–Crippen LogP) is 2.66. The van der Waals surface area contributed by atoms with Gasteiger partial charge in [-0.2, -0.15) is 0 Å². The molecule has 1 saturated heterocycles. The van der Waals surface area contributed by atoms with Gasteiger partial charge in [-0.05, 0) is 50.4 Å². The number of hydrogen-bond acceptors (Lipinski definition) is 3. The molecule has 1 amide bonds. The normalized spacial score (nSPS) is 17.4. The molecule has 1 aliphatic rings. The van der Waals surface area contributed by atoms with E-state index in [1.54, 1.807) is 0 Å². The van der Waals surface area contributed by atoms with Gasteiger partial charge < -0.3 is 10.6 Å². The van der Waals surface area contributed by atoms with Crippen LogP contribution in [0, 0.1) is 12.3 Å². The van der Waals surface area contributed by atoms with Gasteiger partial charge >= 0.3 is 0 Å². The van der Waals surface area contributed by atoms with E-state index < -0.39 is 0 Å². The molecule has 4 heteroatoms. The molecule has 0 saturated carbocycles. The lowest BCUT2D eigenvalue weighted by Gasteiger charge is -2.34. The van der Waals surface area contributed by atoms with E-state index in [0.29, 0.717) is 0 Å². The van der Waals surface area contributed by atoms with E-state index in [-0.39, 0.29) is 11.3 Å². The molecule has 116 valence electrons. The van der Waals surface area contributed by atoms with Crippen molar-refractivity contribution >= 4 is 16.8 Å². The molecule has 1 fully saturated rings. The summed E-state index contributed by atoms with van der Waals surface area (Å²) in [4.78, 5) is 17.1. The molecule has 22 heavy (non-hydrogen) atoms. The molecule has 1 aromatic heterocycles. The Morgan fingerprint density at radius 1 is 1.32 bits per heavy atom. The van der Waals surface area contributed by atoms with Crippen LogP contribution in [0.25, 0.3) is 10.9 Å². The van der Waals surface area contributed by atoms with Crippen LogP contribution in [0.5, 0.6) is 0 Å². The molecule has 0 radical (unpaired) electrons. The van der Waals surface area contributed by atoms with Gasteiger partial charge in [0, 0.05) is 17.6 Å². The molecule has 4 nitrogen and oxygen atoms in total. The van der Waals surface area contributed by atoms with Gasteiger partial charge in [0.2, 0.25) is 0 Å². The molecule has 1 aromatic carbocycles. The Kier molecular flexibility index (Phi) is 4.12. The number of para-hydroxylation sites is 1. The number of pyridine rings is 1. The van der Waals surface area contributed by atoms with Crippen molar-refractivity contribution in [2.45, 2.75) is 26.7 Å². The summed E-state index contributed by atoms with van der Waals surface area (Å²) in [6.07, 6.45) is 2.20. The third kappa shape index (κ3) is 3.12. The third-order valence-corrected chi connectivity index (χ3v) is 4.58. The zero-order valence-electron chi connectivity index (χ0n) is 13.3. The maximum absolute atomic E-state index is 12.6. The van der Waals surface area contributed by atoms with Crippen molar-refractivity contribution < 1.29 is 4.79 Å². The number of aromatic nitrogens is 1. The maximum atomic E-state index is 12.6. The van der Waals surface area contributed by atoms with Crippen molar-refractivity contribution in [1.82, 2.24) is 15.6 Å². The fraction of sp³-hybridized carbons (Fsp3) is 0.444. The largest absolute Gasteiger partial charge is 0.351 e. The summed E-state index contributed by atoms with van der Waals surface area (Å²) < 4.78 is 0. The molecule has 2 heterocycles. The number of nitrogens with one attached hydrogen (secondary N) is 2. The number of rotatable bonds is 3. The van der Waals surface area contributed by atoms with E-state index in [0.717, 1.165) is 54.6 Å². The minimum absolute atomic E-state index is 0.00135. The summed E-state index contributed by atoms with van der Waals surface area (Å²) in [7, 11) is 0. The van der Waals surface area contributed by atoms with Gasteiger partial charge in [0.25, 0.3) is 5.91 Å². The standard InChI is InChI=1S/C18H23N3O/c1-13-11-15(14-5-3-4-6-16(14)21-13)17(22)20-12-18(2)7-9-19-10-8-18/h3-6,11,19H,7-10,12H2,1-2H3,(H,20,22). The van der Waals surface area contributed by atoms with Gasteiger partial charge in [-0.25, -0.2) is 0 Å². The number of carbonyl (C=O) groups is 1. The smallest absolute Gasteiger partial charge is 0.252 e. The highest BCUT2D eigenvalue weighted by atomic mass is 16.1. The van der Waals surface area contributed by atoms with E-state index in [9.17, 15) is 4.79 Å². The zero-order chi connectivity index (χ0) is 15.6. The first-order chi connectivity index (χ1) is 10.6. The Hall–Kier alpha value is -1.94. The summed E-state index contributed by atoms with van der Waals surface area (Å²) in [5, 5.41) is 7.42. The van der Waals surface area contributed by atoms with Gasteiger partial charge in [-0.1, -0.05) is 25.1 Å². The van der Waals surface area contributed by atoms with Crippen molar-refractivity contribution in [2.75, 3.05) is 19.6 Å². The van der Waals surface area contributed by atoms with E-state index in [1.807, 2.05) is 37.3 Å². The van der Waals surface area contributed by atoms with Crippen LogP contribution in [0.4, 0.5) is 0 Å². The second-order valence-electron chi connectivity index (χ2n) is 6.57. The number of hydrogen-bond donors (Lipinski definition) is 2. The Labute approximate surface area is 131 Å². The van der Waals surface area contributed by atoms with Gasteiger partial charge in [0.1, 0.15) is 0 Å². The zero-order valence-corrected chi connectivity index (χ0v) is 13.3. The molecule has 0 atom stereocenters. The van der Waals surface area contributed by atoms with Crippen molar-refractivity contribution in [3.05, 3.63) is 41.6 Å². The Morgan fingerprint density at radius 2 is 2.05 bits per heavy atom. The summed E-state index contributed by atoms with van der Waals surface area (Å²) in [5.74, 6) is 0.00135. The first-order valence-corrected chi connectivity index (χ1v) is 7.93. The van der Waals surface area contributed by atoms with E-state index in [1.165, 1.54) is 0 Å². The summed E-state index contributed by atoms with van der Waals surface area (Å²) >= 11 is 0. The Bertz CT molecular complexity index is 690. The van der Waals surface area contributed by atoms with Gasteiger partial charge in [-0.15, -0.1) is 0 Å². The van der Waals surface area contributed by atoms with Crippen LogP contribution in [-0.4, -0.2) is 30.5 Å². The highest BCUT2D eigenvalue weighted by Crippen LogP contribution is 2.27. The van der Waals surface area contributed by atoms with E-state index in [2.05, 4.69) is 22.5 Å². The molecule has 0 spiro atoms. The molecule has 2 N–H and O–H groups in total. The molecule has 1 aliphatic heterocycles. The molecule has 0 aliphatic carbocycles. The van der Waals surface area contributed by atoms with Crippen LogP contribution in [0.1, 0.15) is 35.8 Å². The minimum atomic E-state index is 0.00135. The number of fused-ring (bicyclic) bond motifs is 1. The highest BCUT2D eigenvalue weighted by Gasteiger charge is 2.27. The minimum Gasteiger partial charge on any atom is -0.351 e. The van der Waals surface area contributed by atoms with E-state index in [4.69, 9.17) is 0 Å². The molecule has 3 rings (SSSR count). The Morgan fingerprint density at radius 3 is 2.82 bits per heavy atom. The number of benzene rings is 1. The SMILES string of the molecule is Cc1cc(C(=O)NCC2(C)CCNCC2)c2ccccc2n1. The van der Waals surface area contributed by atoms with Crippen LogP contribution < -0.4 is 10.6 Å². The quantitative estimate of drug-likeness (QED) is 0.916. The average Bonchev–Trinajstić information content (AvgIpc) is 2.52. The highest BCUT2D eigenvalue weighted by molar-refractivity contribution is 6.06.